The molecule has 2 rings (SSSR count). The summed E-state index contributed by atoms with van der Waals surface area (Å²) >= 11 is 7.06. The van der Waals surface area contributed by atoms with Gasteiger partial charge in [-0.2, -0.15) is 0 Å². The fourth-order valence-corrected chi connectivity index (χ4v) is 2.07. The molecule has 4 nitrogen and oxygen atoms in total. The third-order valence-electron chi connectivity index (χ3n) is 2.13. The molecule has 1 atom stereocenters. The van der Waals surface area contributed by atoms with Gasteiger partial charge in [0.25, 0.3) is 0 Å². The van der Waals surface area contributed by atoms with Gasteiger partial charge in [-0.25, -0.2) is 0 Å². The summed E-state index contributed by atoms with van der Waals surface area (Å²) < 4.78 is 4.41. The number of hydrogen-bond donors (Lipinski definition) is 1. The van der Waals surface area contributed by atoms with Gasteiger partial charge in [0, 0.05) is 31.2 Å². The number of β-amino-alcohol motifs (C(OH)–C–C–N with tert-alkyl or cyclic N) is 1. The summed E-state index contributed by atoms with van der Waals surface area (Å²) in [5.74, 6) is 0. The first-order valence-electron chi connectivity index (χ1n) is 4.13. The molecule has 1 aliphatic heterocycles. The highest BCUT2D eigenvalue weighted by Crippen LogP contribution is 2.20. The van der Waals surface area contributed by atoms with Crippen LogP contribution in [0.25, 0.3) is 0 Å². The molecule has 6 heteroatoms. The van der Waals surface area contributed by atoms with E-state index in [1.807, 2.05) is 0 Å². The Morgan fingerprint density at radius 2 is 2.54 bits per heavy atom. The minimum absolute atomic E-state index is 0.189. The topological polar surface area (TPSA) is 49.2 Å². The summed E-state index contributed by atoms with van der Waals surface area (Å²) in [6.07, 6.45) is 0.653. The molecule has 1 fully saturated rings. The van der Waals surface area contributed by atoms with Crippen LogP contribution in [0.3, 0.4) is 0 Å². The fourth-order valence-electron chi connectivity index (χ4n) is 1.46. The van der Waals surface area contributed by atoms with Gasteiger partial charge in [-0.1, -0.05) is 16.1 Å². The van der Waals surface area contributed by atoms with Crippen molar-refractivity contribution < 1.29 is 5.11 Å². The van der Waals surface area contributed by atoms with Crippen LogP contribution in [0.2, 0.25) is 4.34 Å². The Hall–Kier alpha value is -0.230. The third kappa shape index (κ3) is 2.17. The van der Waals surface area contributed by atoms with E-state index in [4.69, 9.17) is 11.6 Å². The molecule has 1 unspecified atom stereocenters. The highest BCUT2D eigenvalue weighted by molar-refractivity contribution is 7.10. The van der Waals surface area contributed by atoms with E-state index in [-0.39, 0.29) is 6.10 Å². The van der Waals surface area contributed by atoms with Crippen LogP contribution in [-0.2, 0) is 6.54 Å². The fraction of sp³-hybridized carbons (Fsp3) is 0.714. The predicted molar refractivity (Wildman–Crippen MR) is 50.8 cm³/mol. The minimum atomic E-state index is -0.189. The average molecular weight is 220 g/mol. The first-order chi connectivity index (χ1) is 6.25. The maximum atomic E-state index is 9.29. The van der Waals surface area contributed by atoms with Gasteiger partial charge >= 0.3 is 0 Å². The van der Waals surface area contributed by atoms with Crippen molar-refractivity contribution >= 4 is 23.1 Å². The maximum Gasteiger partial charge on any atom is 0.138 e. The second kappa shape index (κ2) is 3.88. The molecule has 1 aromatic heterocycles. The van der Waals surface area contributed by atoms with Gasteiger partial charge in [0.15, 0.2) is 0 Å². The Morgan fingerprint density at radius 1 is 1.69 bits per heavy atom. The lowest BCUT2D eigenvalue weighted by Crippen LogP contribution is -2.21. The molecular formula is C7H10ClN3OS. The van der Waals surface area contributed by atoms with E-state index in [1.165, 1.54) is 11.5 Å². The molecule has 1 saturated heterocycles. The summed E-state index contributed by atoms with van der Waals surface area (Å²) in [4.78, 5) is 2.13. The standard InChI is InChI=1S/C7H10ClN3OS/c8-7-6(9-10-13-7)4-11-2-1-5(12)3-11/h5,12H,1-4H2. The number of halogens is 1. The van der Waals surface area contributed by atoms with E-state index >= 15 is 0 Å². The van der Waals surface area contributed by atoms with Crippen molar-refractivity contribution in [2.45, 2.75) is 19.1 Å². The molecule has 1 aliphatic rings. The monoisotopic (exact) mass is 219 g/mol. The zero-order chi connectivity index (χ0) is 9.26. The van der Waals surface area contributed by atoms with Crippen molar-refractivity contribution in [2.24, 2.45) is 0 Å². The normalized spacial score (nSPS) is 24.0. The van der Waals surface area contributed by atoms with Crippen LogP contribution in [0.5, 0.6) is 0 Å². The molecule has 0 radical (unpaired) electrons. The summed E-state index contributed by atoms with van der Waals surface area (Å²) in [6, 6.07) is 0. The number of aromatic nitrogens is 2. The molecule has 0 spiro atoms. The third-order valence-corrected chi connectivity index (χ3v) is 3.11. The lowest BCUT2D eigenvalue weighted by molar-refractivity contribution is 0.174. The molecule has 0 aromatic carbocycles. The van der Waals surface area contributed by atoms with Crippen molar-refractivity contribution in [3.8, 4) is 0 Å². The van der Waals surface area contributed by atoms with Crippen molar-refractivity contribution in [1.82, 2.24) is 14.5 Å². The Balaban J connectivity index is 1.95. The van der Waals surface area contributed by atoms with Crippen LogP contribution < -0.4 is 0 Å². The van der Waals surface area contributed by atoms with E-state index in [0.717, 1.165) is 18.7 Å². The summed E-state index contributed by atoms with van der Waals surface area (Å²) in [7, 11) is 0. The van der Waals surface area contributed by atoms with Crippen molar-refractivity contribution in [3.63, 3.8) is 0 Å². The lowest BCUT2D eigenvalue weighted by Gasteiger charge is -2.12. The van der Waals surface area contributed by atoms with Crippen LogP contribution in [0.15, 0.2) is 0 Å². The van der Waals surface area contributed by atoms with Crippen LogP contribution >= 0.6 is 23.1 Å². The Labute approximate surface area is 85.3 Å². The number of aliphatic hydroxyl groups excluding tert-OH is 1. The van der Waals surface area contributed by atoms with Crippen molar-refractivity contribution in [2.75, 3.05) is 13.1 Å². The smallest absolute Gasteiger partial charge is 0.138 e. The van der Waals surface area contributed by atoms with E-state index in [1.54, 1.807) is 0 Å². The van der Waals surface area contributed by atoms with E-state index < -0.39 is 0 Å². The van der Waals surface area contributed by atoms with Crippen molar-refractivity contribution in [1.29, 1.82) is 0 Å². The second-order valence-electron chi connectivity index (χ2n) is 3.17. The molecule has 0 bridgehead atoms. The maximum absolute atomic E-state index is 9.29. The SMILES string of the molecule is OC1CCN(Cc2nnsc2Cl)C1. The number of likely N-dealkylation sites (tertiary alicyclic amines) is 1. The summed E-state index contributed by atoms with van der Waals surface area (Å²) in [5, 5.41) is 13.2. The molecule has 13 heavy (non-hydrogen) atoms. The zero-order valence-corrected chi connectivity index (χ0v) is 8.55. The van der Waals surface area contributed by atoms with Crippen LogP contribution in [-0.4, -0.2) is 38.8 Å². The molecule has 72 valence electrons. The molecule has 0 aliphatic carbocycles. The Kier molecular flexibility index (Phi) is 2.78. The second-order valence-corrected chi connectivity index (χ2v) is 4.53. The van der Waals surface area contributed by atoms with Gasteiger partial charge in [0.2, 0.25) is 0 Å². The van der Waals surface area contributed by atoms with Crippen LogP contribution in [0, 0.1) is 0 Å². The first kappa shape index (κ1) is 9.33. The zero-order valence-electron chi connectivity index (χ0n) is 6.98. The molecule has 2 heterocycles. The minimum Gasteiger partial charge on any atom is -0.392 e. The van der Waals surface area contributed by atoms with Gasteiger partial charge < -0.3 is 5.11 Å². The van der Waals surface area contributed by atoms with E-state index in [0.29, 0.717) is 17.4 Å². The van der Waals surface area contributed by atoms with Gasteiger partial charge in [0.1, 0.15) is 10.0 Å². The highest BCUT2D eigenvalue weighted by Gasteiger charge is 2.21. The number of aliphatic hydroxyl groups is 1. The summed E-state index contributed by atoms with van der Waals surface area (Å²) in [5.41, 5.74) is 0.820. The van der Waals surface area contributed by atoms with Crippen LogP contribution in [0.1, 0.15) is 12.1 Å². The van der Waals surface area contributed by atoms with E-state index in [2.05, 4.69) is 14.5 Å². The first-order valence-corrected chi connectivity index (χ1v) is 5.28. The van der Waals surface area contributed by atoms with Gasteiger partial charge in [-0.05, 0) is 6.42 Å². The Bertz CT molecular complexity index is 293. The van der Waals surface area contributed by atoms with Gasteiger partial charge in [0.05, 0.1) is 6.10 Å². The molecule has 0 amide bonds. The average Bonchev–Trinajstić information content (AvgIpc) is 2.64. The molecule has 1 N–H and O–H groups in total. The van der Waals surface area contributed by atoms with E-state index in [9.17, 15) is 5.11 Å². The Morgan fingerprint density at radius 3 is 3.08 bits per heavy atom. The molecular weight excluding hydrogens is 210 g/mol. The van der Waals surface area contributed by atoms with Gasteiger partial charge in [-0.3, -0.25) is 4.90 Å². The predicted octanol–water partition coefficient (Wildman–Crippen LogP) is 0.758. The number of nitrogens with zero attached hydrogens (tertiary/aromatic N) is 3. The molecule has 1 aromatic rings. The molecule has 0 saturated carbocycles. The van der Waals surface area contributed by atoms with Crippen LogP contribution in [0.4, 0.5) is 0 Å². The lowest BCUT2D eigenvalue weighted by atomic mass is 10.3. The van der Waals surface area contributed by atoms with Crippen molar-refractivity contribution in [3.05, 3.63) is 10.0 Å². The number of rotatable bonds is 2. The quantitative estimate of drug-likeness (QED) is 0.798. The largest absolute Gasteiger partial charge is 0.392 e. The summed E-state index contributed by atoms with van der Waals surface area (Å²) in [6.45, 7) is 2.33. The van der Waals surface area contributed by atoms with Gasteiger partial charge in [-0.15, -0.1) is 5.10 Å². The number of hydrogen-bond acceptors (Lipinski definition) is 5. The highest BCUT2D eigenvalue weighted by atomic mass is 35.5.